The lowest BCUT2D eigenvalue weighted by atomic mass is 9.73. The van der Waals surface area contributed by atoms with Gasteiger partial charge in [-0.1, -0.05) is 34.6 Å². The van der Waals surface area contributed by atoms with Crippen LogP contribution in [-0.4, -0.2) is 33.8 Å². The van der Waals surface area contributed by atoms with E-state index in [2.05, 4.69) is 39.3 Å². The highest BCUT2D eigenvalue weighted by molar-refractivity contribution is 5.14. The maximum Gasteiger partial charge on any atom is 0.171 e. The molecule has 0 aromatic carbocycles. The Morgan fingerprint density at radius 3 is 2.38 bits per heavy atom. The molecule has 0 bridgehead atoms. The second kappa shape index (κ2) is 5.06. The van der Waals surface area contributed by atoms with Crippen LogP contribution in [0.5, 0.6) is 0 Å². The molecule has 0 radical (unpaired) electrons. The molecular weight excluding hydrogens is 266 g/mol. The smallest absolute Gasteiger partial charge is 0.171 e. The van der Waals surface area contributed by atoms with E-state index in [-0.39, 0.29) is 5.41 Å². The van der Waals surface area contributed by atoms with Gasteiger partial charge in [-0.2, -0.15) is 5.10 Å². The SMILES string of the molecule is CC(C)c1nc2n(n1)CCC1(CC2(C)C(C)C)OCCO1. The van der Waals surface area contributed by atoms with Gasteiger partial charge in [-0.05, 0) is 5.92 Å². The van der Waals surface area contributed by atoms with Crippen LogP contribution in [0.1, 0.15) is 65.0 Å². The van der Waals surface area contributed by atoms with Crippen molar-refractivity contribution < 1.29 is 9.47 Å². The second-order valence-corrected chi connectivity index (χ2v) is 7.28. The van der Waals surface area contributed by atoms with E-state index in [1.807, 2.05) is 0 Å². The van der Waals surface area contributed by atoms with E-state index >= 15 is 0 Å². The third-order valence-corrected chi connectivity index (χ3v) is 5.14. The number of nitrogens with zero attached hydrogens (tertiary/aromatic N) is 3. The summed E-state index contributed by atoms with van der Waals surface area (Å²) >= 11 is 0. The predicted octanol–water partition coefficient (Wildman–Crippen LogP) is 2.85. The Kier molecular flexibility index (Phi) is 3.61. The van der Waals surface area contributed by atoms with Crippen molar-refractivity contribution in [3.05, 3.63) is 11.6 Å². The molecular formula is C16H27N3O2. The molecule has 3 heterocycles. The van der Waals surface area contributed by atoms with Crippen LogP contribution in [0.15, 0.2) is 0 Å². The van der Waals surface area contributed by atoms with Crippen LogP contribution in [0.2, 0.25) is 0 Å². The monoisotopic (exact) mass is 293 g/mol. The van der Waals surface area contributed by atoms with Gasteiger partial charge in [-0.25, -0.2) is 9.67 Å². The highest BCUT2D eigenvalue weighted by atomic mass is 16.7. The number of aromatic nitrogens is 3. The van der Waals surface area contributed by atoms with Crippen molar-refractivity contribution in [2.75, 3.05) is 13.2 Å². The summed E-state index contributed by atoms with van der Waals surface area (Å²) in [5.41, 5.74) is -0.0824. The minimum Gasteiger partial charge on any atom is -0.347 e. The Bertz CT molecular complexity index is 518. The van der Waals surface area contributed by atoms with Crippen molar-refractivity contribution in [3.63, 3.8) is 0 Å². The Morgan fingerprint density at radius 1 is 1.14 bits per heavy atom. The average Bonchev–Trinajstić information content (AvgIpc) is 3.00. The van der Waals surface area contributed by atoms with Gasteiger partial charge < -0.3 is 9.47 Å². The lowest BCUT2D eigenvalue weighted by Crippen LogP contribution is -2.41. The molecule has 1 saturated heterocycles. The molecule has 0 aliphatic carbocycles. The molecule has 5 nitrogen and oxygen atoms in total. The molecule has 1 spiro atoms. The molecule has 1 fully saturated rings. The summed E-state index contributed by atoms with van der Waals surface area (Å²) in [6.45, 7) is 13.3. The second-order valence-electron chi connectivity index (χ2n) is 7.28. The highest BCUT2D eigenvalue weighted by Crippen LogP contribution is 2.45. The Labute approximate surface area is 127 Å². The van der Waals surface area contributed by atoms with Gasteiger partial charge in [-0.15, -0.1) is 0 Å². The van der Waals surface area contributed by atoms with Gasteiger partial charge in [-0.3, -0.25) is 0 Å². The number of hydrogen-bond acceptors (Lipinski definition) is 4. The summed E-state index contributed by atoms with van der Waals surface area (Å²) in [5.74, 6) is 2.40. The van der Waals surface area contributed by atoms with Crippen LogP contribution in [0.3, 0.4) is 0 Å². The zero-order chi connectivity index (χ0) is 15.3. The van der Waals surface area contributed by atoms with Crippen LogP contribution >= 0.6 is 0 Å². The minimum atomic E-state index is -0.445. The predicted molar refractivity (Wildman–Crippen MR) is 80.2 cm³/mol. The third kappa shape index (κ3) is 2.40. The number of hydrogen-bond donors (Lipinski definition) is 0. The molecule has 118 valence electrons. The largest absolute Gasteiger partial charge is 0.347 e. The molecule has 1 atom stereocenters. The number of rotatable bonds is 2. The quantitative estimate of drug-likeness (QED) is 0.841. The van der Waals surface area contributed by atoms with Crippen molar-refractivity contribution in [1.29, 1.82) is 0 Å². The van der Waals surface area contributed by atoms with E-state index < -0.39 is 5.79 Å². The van der Waals surface area contributed by atoms with Gasteiger partial charge in [0.2, 0.25) is 0 Å². The Balaban J connectivity index is 2.04. The molecule has 2 aliphatic heterocycles. The molecule has 3 rings (SSSR count). The zero-order valence-electron chi connectivity index (χ0n) is 13.8. The number of ether oxygens (including phenoxy) is 2. The summed E-state index contributed by atoms with van der Waals surface area (Å²) in [7, 11) is 0. The van der Waals surface area contributed by atoms with E-state index in [1.165, 1.54) is 0 Å². The normalized spacial score (nSPS) is 28.3. The molecule has 0 N–H and O–H groups in total. The van der Waals surface area contributed by atoms with Gasteiger partial charge in [0, 0.05) is 30.7 Å². The summed E-state index contributed by atoms with van der Waals surface area (Å²) in [6.07, 6.45) is 1.71. The maximum absolute atomic E-state index is 5.99. The summed E-state index contributed by atoms with van der Waals surface area (Å²) in [6, 6.07) is 0. The van der Waals surface area contributed by atoms with E-state index in [1.54, 1.807) is 0 Å². The molecule has 1 aromatic heterocycles. The highest BCUT2D eigenvalue weighted by Gasteiger charge is 2.49. The Morgan fingerprint density at radius 2 is 1.81 bits per heavy atom. The lowest BCUT2D eigenvalue weighted by Gasteiger charge is -2.37. The van der Waals surface area contributed by atoms with Gasteiger partial charge in [0.05, 0.1) is 13.2 Å². The molecule has 1 unspecified atom stereocenters. The first-order chi connectivity index (χ1) is 9.86. The van der Waals surface area contributed by atoms with E-state index in [0.29, 0.717) is 25.0 Å². The Hall–Kier alpha value is -0.940. The van der Waals surface area contributed by atoms with Crippen molar-refractivity contribution in [2.45, 2.75) is 71.1 Å². The molecule has 21 heavy (non-hydrogen) atoms. The standard InChI is InChI=1S/C16H27N3O2/c1-11(2)13-17-14-15(5,12(3)4)10-16(20-8-9-21-16)6-7-19(14)18-13/h11-12H,6-10H2,1-5H3. The number of aryl methyl sites for hydroxylation is 1. The molecule has 2 aliphatic rings. The van der Waals surface area contributed by atoms with Gasteiger partial charge in [0.15, 0.2) is 11.6 Å². The first-order valence-electron chi connectivity index (χ1n) is 8.09. The van der Waals surface area contributed by atoms with Crippen molar-refractivity contribution >= 4 is 0 Å². The molecule has 0 saturated carbocycles. The first kappa shape index (κ1) is 15.0. The van der Waals surface area contributed by atoms with Crippen molar-refractivity contribution in [3.8, 4) is 0 Å². The fourth-order valence-corrected chi connectivity index (χ4v) is 3.39. The van der Waals surface area contributed by atoms with Gasteiger partial charge in [0.25, 0.3) is 0 Å². The summed E-state index contributed by atoms with van der Waals surface area (Å²) in [4.78, 5) is 4.88. The van der Waals surface area contributed by atoms with E-state index in [9.17, 15) is 0 Å². The fraction of sp³-hybridized carbons (Fsp3) is 0.875. The molecule has 1 aromatic rings. The van der Waals surface area contributed by atoms with Gasteiger partial charge in [0.1, 0.15) is 5.82 Å². The summed E-state index contributed by atoms with van der Waals surface area (Å²) in [5, 5.41) is 4.74. The average molecular weight is 293 g/mol. The van der Waals surface area contributed by atoms with Crippen molar-refractivity contribution in [2.24, 2.45) is 5.92 Å². The minimum absolute atomic E-state index is 0.0824. The topological polar surface area (TPSA) is 49.2 Å². The van der Waals surface area contributed by atoms with Gasteiger partial charge >= 0.3 is 0 Å². The van der Waals surface area contributed by atoms with Crippen LogP contribution in [0.25, 0.3) is 0 Å². The first-order valence-corrected chi connectivity index (χ1v) is 8.09. The molecule has 5 heteroatoms. The van der Waals surface area contributed by atoms with Crippen molar-refractivity contribution in [1.82, 2.24) is 14.8 Å². The maximum atomic E-state index is 5.99. The fourth-order valence-electron chi connectivity index (χ4n) is 3.39. The number of fused-ring (bicyclic) bond motifs is 1. The van der Waals surface area contributed by atoms with Crippen LogP contribution in [0, 0.1) is 5.92 Å². The zero-order valence-corrected chi connectivity index (χ0v) is 13.8. The van der Waals surface area contributed by atoms with Crippen LogP contribution < -0.4 is 0 Å². The lowest BCUT2D eigenvalue weighted by molar-refractivity contribution is -0.178. The van der Waals surface area contributed by atoms with E-state index in [4.69, 9.17) is 19.6 Å². The molecule has 0 amide bonds. The third-order valence-electron chi connectivity index (χ3n) is 5.14. The van der Waals surface area contributed by atoms with Crippen LogP contribution in [0.4, 0.5) is 0 Å². The van der Waals surface area contributed by atoms with Crippen LogP contribution in [-0.2, 0) is 21.4 Å². The van der Waals surface area contributed by atoms with E-state index in [0.717, 1.165) is 31.0 Å². The summed E-state index contributed by atoms with van der Waals surface area (Å²) < 4.78 is 14.1.